The van der Waals surface area contributed by atoms with E-state index in [-0.39, 0.29) is 18.0 Å². The molecule has 9 heteroatoms. The van der Waals surface area contributed by atoms with Crippen molar-refractivity contribution in [3.63, 3.8) is 0 Å². The lowest BCUT2D eigenvalue weighted by Crippen LogP contribution is -2.35. The van der Waals surface area contributed by atoms with E-state index in [1.165, 1.54) is 0 Å². The fourth-order valence-corrected chi connectivity index (χ4v) is 2.41. The smallest absolute Gasteiger partial charge is 0.506 e. The summed E-state index contributed by atoms with van der Waals surface area (Å²) in [7, 11) is 0. The summed E-state index contributed by atoms with van der Waals surface area (Å²) < 4.78 is 40.2. The predicted octanol–water partition coefficient (Wildman–Crippen LogP) is 2.73. The number of hydrogen-bond donors (Lipinski definition) is 3. The molecule has 0 aromatic heterocycles. The fourth-order valence-electron chi connectivity index (χ4n) is 2.41. The molecule has 1 aliphatic rings. The lowest BCUT2D eigenvalue weighted by molar-refractivity contribution is -0.274. The van der Waals surface area contributed by atoms with E-state index in [2.05, 4.69) is 10.1 Å². The van der Waals surface area contributed by atoms with Gasteiger partial charge in [-0.2, -0.15) is 0 Å². The zero-order chi connectivity index (χ0) is 17.2. The van der Waals surface area contributed by atoms with Gasteiger partial charge in [-0.05, 0) is 30.9 Å². The first-order valence-corrected chi connectivity index (χ1v) is 6.75. The van der Waals surface area contributed by atoms with E-state index >= 15 is 0 Å². The Morgan fingerprint density at radius 1 is 1.30 bits per heavy atom. The van der Waals surface area contributed by atoms with Gasteiger partial charge in [0.1, 0.15) is 11.5 Å². The molecule has 1 aromatic carbocycles. The first kappa shape index (κ1) is 16.9. The van der Waals surface area contributed by atoms with Crippen LogP contribution in [0.25, 0.3) is 0 Å². The van der Waals surface area contributed by atoms with Crippen molar-refractivity contribution in [2.45, 2.75) is 25.6 Å². The number of rotatable bonds is 5. The lowest BCUT2D eigenvalue weighted by Gasteiger charge is -2.33. The number of amides is 1. The number of ether oxygens (including phenoxy) is 1. The van der Waals surface area contributed by atoms with Gasteiger partial charge in [-0.15, -0.1) is 13.2 Å². The van der Waals surface area contributed by atoms with Gasteiger partial charge in [0.15, 0.2) is 0 Å². The molecule has 3 N–H and O–H groups in total. The molecular formula is C14H14F3NO5. The van der Waals surface area contributed by atoms with Crippen LogP contribution >= 0.6 is 0 Å². The zero-order valence-electron chi connectivity index (χ0n) is 11.8. The molecular weight excluding hydrogens is 319 g/mol. The molecule has 1 aliphatic carbocycles. The maximum absolute atomic E-state index is 12.2. The van der Waals surface area contributed by atoms with Crippen LogP contribution in [0, 0.1) is 11.8 Å². The second kappa shape index (κ2) is 6.35. The van der Waals surface area contributed by atoms with Crippen LogP contribution in [0.3, 0.4) is 0 Å². The Labute approximate surface area is 128 Å². The number of phenols is 1. The van der Waals surface area contributed by atoms with Crippen LogP contribution in [0.5, 0.6) is 11.5 Å². The molecule has 1 fully saturated rings. The molecule has 0 aliphatic heterocycles. The van der Waals surface area contributed by atoms with Crippen molar-refractivity contribution < 1.29 is 37.7 Å². The van der Waals surface area contributed by atoms with E-state index in [9.17, 15) is 27.9 Å². The maximum Gasteiger partial charge on any atom is 0.573 e. The summed E-state index contributed by atoms with van der Waals surface area (Å²) in [5.41, 5.74) is -0.196. The molecule has 1 saturated carbocycles. The minimum atomic E-state index is -4.88. The van der Waals surface area contributed by atoms with Gasteiger partial charge in [-0.25, -0.2) is 0 Å². The Hall–Kier alpha value is -2.45. The number of carboxylic acids is 1. The largest absolute Gasteiger partial charge is 0.573 e. The van der Waals surface area contributed by atoms with Crippen LogP contribution in [0.15, 0.2) is 18.2 Å². The summed E-state index contributed by atoms with van der Waals surface area (Å²) >= 11 is 0. The summed E-state index contributed by atoms with van der Waals surface area (Å²) in [4.78, 5) is 22.5. The summed E-state index contributed by atoms with van der Waals surface area (Å²) in [5.74, 6) is -2.89. The van der Waals surface area contributed by atoms with Gasteiger partial charge in [0.25, 0.3) is 0 Å². The maximum atomic E-state index is 12.2. The Bertz CT molecular complexity index is 611. The van der Waals surface area contributed by atoms with Gasteiger partial charge in [0, 0.05) is 18.4 Å². The van der Waals surface area contributed by atoms with Gasteiger partial charge in [0.2, 0.25) is 5.91 Å². The zero-order valence-corrected chi connectivity index (χ0v) is 11.8. The molecule has 0 heterocycles. The lowest BCUT2D eigenvalue weighted by atomic mass is 9.73. The average Bonchev–Trinajstić information content (AvgIpc) is 2.35. The Balaban J connectivity index is 1.96. The number of phenolic OH excluding ortho intramolecular Hbond substituents is 1. The molecule has 0 spiro atoms. The van der Waals surface area contributed by atoms with Crippen LogP contribution in [0.4, 0.5) is 18.9 Å². The molecule has 6 nitrogen and oxygen atoms in total. The number of aliphatic carboxylic acids is 1. The van der Waals surface area contributed by atoms with Crippen LogP contribution in [-0.4, -0.2) is 28.5 Å². The minimum Gasteiger partial charge on any atom is -0.506 e. The number of nitrogens with one attached hydrogen (secondary N) is 1. The molecule has 0 saturated heterocycles. The third-order valence-electron chi connectivity index (χ3n) is 3.53. The summed E-state index contributed by atoms with van der Waals surface area (Å²) in [6, 6.07) is 2.77. The Morgan fingerprint density at radius 2 is 1.96 bits per heavy atom. The number of anilines is 1. The number of hydrogen-bond acceptors (Lipinski definition) is 4. The van der Waals surface area contributed by atoms with Crippen molar-refractivity contribution in [3.05, 3.63) is 18.2 Å². The number of alkyl halides is 3. The molecule has 0 bridgehead atoms. The van der Waals surface area contributed by atoms with E-state index in [0.29, 0.717) is 12.8 Å². The molecule has 0 atom stereocenters. The van der Waals surface area contributed by atoms with Crippen molar-refractivity contribution >= 4 is 17.6 Å². The normalized spacial score (nSPS) is 20.5. The van der Waals surface area contributed by atoms with E-state index in [1.807, 2.05) is 0 Å². The van der Waals surface area contributed by atoms with Gasteiger partial charge in [-0.3, -0.25) is 9.59 Å². The third-order valence-corrected chi connectivity index (χ3v) is 3.53. The second-order valence-electron chi connectivity index (χ2n) is 5.35. The summed E-state index contributed by atoms with van der Waals surface area (Å²) in [6.45, 7) is 0. The van der Waals surface area contributed by atoms with E-state index in [0.717, 1.165) is 18.2 Å². The highest BCUT2D eigenvalue weighted by atomic mass is 19.4. The monoisotopic (exact) mass is 333 g/mol. The highest BCUT2D eigenvalue weighted by Gasteiger charge is 2.36. The Kier molecular flexibility index (Phi) is 4.67. The first-order chi connectivity index (χ1) is 10.6. The first-order valence-electron chi connectivity index (χ1n) is 6.75. The van der Waals surface area contributed by atoms with E-state index in [4.69, 9.17) is 5.11 Å². The number of carbonyl (C=O) groups excluding carboxylic acids is 1. The van der Waals surface area contributed by atoms with Gasteiger partial charge >= 0.3 is 12.3 Å². The van der Waals surface area contributed by atoms with Crippen molar-refractivity contribution in [1.82, 2.24) is 0 Å². The standard InChI is InChI=1S/C14H14F3NO5/c15-14(16,17)23-9-1-2-11(19)10(6-9)18-13(22)8-3-7(4-8)5-12(20)21/h1-2,6-8,19H,3-5H2,(H,18,22)(H,20,21). The van der Waals surface area contributed by atoms with E-state index < -0.39 is 35.7 Å². The van der Waals surface area contributed by atoms with Crippen molar-refractivity contribution in [1.29, 1.82) is 0 Å². The highest BCUT2D eigenvalue weighted by molar-refractivity contribution is 5.94. The topological polar surface area (TPSA) is 95.9 Å². The second-order valence-corrected chi connectivity index (χ2v) is 5.35. The van der Waals surface area contributed by atoms with Crippen LogP contribution in [-0.2, 0) is 9.59 Å². The van der Waals surface area contributed by atoms with Gasteiger partial charge < -0.3 is 20.3 Å². The van der Waals surface area contributed by atoms with Crippen molar-refractivity contribution in [2.24, 2.45) is 11.8 Å². The number of aromatic hydroxyl groups is 1. The third kappa shape index (κ3) is 4.76. The van der Waals surface area contributed by atoms with Crippen molar-refractivity contribution in [2.75, 3.05) is 5.32 Å². The number of carbonyl (C=O) groups is 2. The molecule has 0 radical (unpaired) electrons. The molecule has 2 rings (SSSR count). The molecule has 23 heavy (non-hydrogen) atoms. The summed E-state index contributed by atoms with van der Waals surface area (Å²) in [6.07, 6.45) is -4.13. The van der Waals surface area contributed by atoms with Crippen LogP contribution in [0.1, 0.15) is 19.3 Å². The average molecular weight is 333 g/mol. The molecule has 126 valence electrons. The van der Waals surface area contributed by atoms with E-state index in [1.54, 1.807) is 0 Å². The molecule has 1 aromatic rings. The molecule has 1 amide bonds. The molecule has 0 unspecified atom stereocenters. The quantitative estimate of drug-likeness (QED) is 0.720. The summed E-state index contributed by atoms with van der Waals surface area (Å²) in [5, 5.41) is 20.6. The highest BCUT2D eigenvalue weighted by Crippen LogP contribution is 2.38. The Morgan fingerprint density at radius 3 is 2.52 bits per heavy atom. The van der Waals surface area contributed by atoms with Crippen molar-refractivity contribution in [3.8, 4) is 11.5 Å². The van der Waals surface area contributed by atoms with Crippen LogP contribution in [0.2, 0.25) is 0 Å². The van der Waals surface area contributed by atoms with Gasteiger partial charge in [0.05, 0.1) is 5.69 Å². The minimum absolute atomic E-state index is 0.0239. The van der Waals surface area contributed by atoms with Gasteiger partial charge in [-0.1, -0.05) is 0 Å². The number of carboxylic acid groups (broad SMARTS) is 1. The fraction of sp³-hybridized carbons (Fsp3) is 0.429. The number of halogens is 3. The SMILES string of the molecule is O=C(O)CC1CC(C(=O)Nc2cc(OC(F)(F)F)ccc2O)C1. The van der Waals surface area contributed by atoms with Crippen LogP contribution < -0.4 is 10.1 Å². The predicted molar refractivity (Wildman–Crippen MR) is 71.9 cm³/mol. The number of benzene rings is 1.